The topological polar surface area (TPSA) is 87.5 Å². The summed E-state index contributed by atoms with van der Waals surface area (Å²) in [5.41, 5.74) is 7.44. The van der Waals surface area contributed by atoms with Crippen molar-refractivity contribution in [2.24, 2.45) is 5.73 Å². The van der Waals surface area contributed by atoms with Crippen LogP contribution in [0, 0.1) is 0 Å². The first kappa shape index (κ1) is 19.4. The van der Waals surface area contributed by atoms with Gasteiger partial charge in [0.2, 0.25) is 11.8 Å². The van der Waals surface area contributed by atoms with Crippen molar-refractivity contribution in [3.8, 4) is 0 Å². The monoisotopic (exact) mass is 386 g/mol. The van der Waals surface area contributed by atoms with Crippen molar-refractivity contribution in [2.45, 2.75) is 12.5 Å². The Morgan fingerprint density at radius 2 is 2.00 bits per heavy atom. The molecule has 1 aliphatic rings. The van der Waals surface area contributed by atoms with Crippen molar-refractivity contribution in [3.05, 3.63) is 64.7 Å². The van der Waals surface area contributed by atoms with E-state index in [4.69, 9.17) is 17.3 Å². The van der Waals surface area contributed by atoms with Crippen molar-refractivity contribution in [1.29, 1.82) is 0 Å². The molecule has 0 bridgehead atoms. The molecular formula is C20H23ClN4O2. The third-order valence-electron chi connectivity index (χ3n) is 4.67. The van der Waals surface area contributed by atoms with Crippen LogP contribution in [-0.4, -0.2) is 42.9 Å². The Labute approximate surface area is 163 Å². The van der Waals surface area contributed by atoms with Crippen molar-refractivity contribution in [2.75, 3.05) is 31.5 Å². The van der Waals surface area contributed by atoms with Gasteiger partial charge in [-0.2, -0.15) is 0 Å². The van der Waals surface area contributed by atoms with Gasteiger partial charge in [-0.1, -0.05) is 23.7 Å². The first-order chi connectivity index (χ1) is 13.0. The summed E-state index contributed by atoms with van der Waals surface area (Å²) < 4.78 is 0. The Balaban J connectivity index is 1.57. The zero-order valence-electron chi connectivity index (χ0n) is 15.0. The molecule has 142 valence electrons. The van der Waals surface area contributed by atoms with E-state index in [1.165, 1.54) is 0 Å². The minimum Gasteiger partial charge on any atom is -0.366 e. The lowest BCUT2D eigenvalue weighted by Gasteiger charge is -2.36. The number of halogens is 1. The summed E-state index contributed by atoms with van der Waals surface area (Å²) in [6.07, 6.45) is 0.384. The number of hydrogen-bond donors (Lipinski definition) is 3. The molecule has 2 amide bonds. The molecule has 0 aromatic heterocycles. The number of amides is 2. The molecule has 0 radical (unpaired) electrons. The van der Waals surface area contributed by atoms with Crippen LogP contribution in [0.2, 0.25) is 5.02 Å². The zero-order valence-corrected chi connectivity index (χ0v) is 15.7. The average Bonchev–Trinajstić information content (AvgIpc) is 2.67. The fraction of sp³-hybridized carbons (Fsp3) is 0.300. The SMILES string of the molecule is NC(=O)c1ccc(NC(=O)CCN2CCNCC2c2cccc(Cl)c2)cc1. The summed E-state index contributed by atoms with van der Waals surface area (Å²) >= 11 is 6.13. The van der Waals surface area contributed by atoms with Gasteiger partial charge in [-0.15, -0.1) is 0 Å². The maximum atomic E-state index is 12.3. The molecule has 4 N–H and O–H groups in total. The summed E-state index contributed by atoms with van der Waals surface area (Å²) in [5, 5.41) is 6.98. The van der Waals surface area contributed by atoms with Gasteiger partial charge >= 0.3 is 0 Å². The lowest BCUT2D eigenvalue weighted by Crippen LogP contribution is -2.46. The summed E-state index contributed by atoms with van der Waals surface area (Å²) in [6, 6.07) is 14.6. The van der Waals surface area contributed by atoms with E-state index in [1.54, 1.807) is 24.3 Å². The van der Waals surface area contributed by atoms with Crippen LogP contribution in [0.4, 0.5) is 5.69 Å². The van der Waals surface area contributed by atoms with E-state index in [2.05, 4.69) is 21.6 Å². The molecule has 1 aliphatic heterocycles. The number of piperazine rings is 1. The van der Waals surface area contributed by atoms with Gasteiger partial charge in [0.25, 0.3) is 0 Å². The quantitative estimate of drug-likeness (QED) is 0.711. The normalized spacial score (nSPS) is 17.4. The molecule has 1 unspecified atom stereocenters. The number of carbonyl (C=O) groups excluding carboxylic acids is 2. The molecule has 3 rings (SSSR count). The Morgan fingerprint density at radius 3 is 2.70 bits per heavy atom. The molecule has 6 nitrogen and oxygen atoms in total. The lowest BCUT2D eigenvalue weighted by atomic mass is 10.0. The Kier molecular flexibility index (Phi) is 6.45. The third-order valence-corrected chi connectivity index (χ3v) is 4.90. The number of carbonyl (C=O) groups is 2. The van der Waals surface area contributed by atoms with Crippen LogP contribution in [0.3, 0.4) is 0 Å². The number of nitrogens with two attached hydrogens (primary N) is 1. The highest BCUT2D eigenvalue weighted by Crippen LogP contribution is 2.24. The summed E-state index contributed by atoms with van der Waals surface area (Å²) in [5.74, 6) is -0.552. The molecule has 0 saturated carbocycles. The second-order valence-electron chi connectivity index (χ2n) is 6.55. The average molecular weight is 387 g/mol. The van der Waals surface area contributed by atoms with Crippen molar-refractivity contribution in [3.63, 3.8) is 0 Å². The highest BCUT2D eigenvalue weighted by atomic mass is 35.5. The van der Waals surface area contributed by atoms with E-state index in [0.717, 1.165) is 30.2 Å². The number of rotatable bonds is 6. The molecule has 1 fully saturated rings. The standard InChI is InChI=1S/C20H23ClN4O2/c21-16-3-1-2-15(12-16)18-13-23-9-11-25(18)10-8-19(26)24-17-6-4-14(5-7-17)20(22)27/h1-7,12,18,23H,8-11,13H2,(H2,22,27)(H,24,26). The summed E-state index contributed by atoms with van der Waals surface area (Å²) in [4.78, 5) is 25.7. The zero-order chi connectivity index (χ0) is 19.2. The molecule has 1 heterocycles. The van der Waals surface area contributed by atoms with Gasteiger partial charge in [0, 0.05) is 54.9 Å². The van der Waals surface area contributed by atoms with Crippen LogP contribution in [0.5, 0.6) is 0 Å². The van der Waals surface area contributed by atoms with E-state index in [-0.39, 0.29) is 11.9 Å². The maximum Gasteiger partial charge on any atom is 0.248 e. The van der Waals surface area contributed by atoms with Gasteiger partial charge in [0.1, 0.15) is 0 Å². The van der Waals surface area contributed by atoms with Crippen LogP contribution >= 0.6 is 11.6 Å². The van der Waals surface area contributed by atoms with E-state index in [1.807, 2.05) is 18.2 Å². The smallest absolute Gasteiger partial charge is 0.248 e. The predicted octanol–water partition coefficient (Wildman–Crippen LogP) is 2.41. The predicted molar refractivity (Wildman–Crippen MR) is 107 cm³/mol. The van der Waals surface area contributed by atoms with Crippen LogP contribution in [0.25, 0.3) is 0 Å². The van der Waals surface area contributed by atoms with E-state index in [9.17, 15) is 9.59 Å². The number of benzene rings is 2. The lowest BCUT2D eigenvalue weighted by molar-refractivity contribution is -0.116. The van der Waals surface area contributed by atoms with Gasteiger partial charge in [-0.3, -0.25) is 14.5 Å². The fourth-order valence-corrected chi connectivity index (χ4v) is 3.44. The second kappa shape index (κ2) is 8.99. The van der Waals surface area contributed by atoms with Crippen LogP contribution in [-0.2, 0) is 4.79 Å². The number of nitrogens with one attached hydrogen (secondary N) is 2. The number of anilines is 1. The molecule has 7 heteroatoms. The second-order valence-corrected chi connectivity index (χ2v) is 6.99. The highest BCUT2D eigenvalue weighted by Gasteiger charge is 2.24. The van der Waals surface area contributed by atoms with Crippen molar-refractivity contribution >= 4 is 29.1 Å². The largest absolute Gasteiger partial charge is 0.366 e. The van der Waals surface area contributed by atoms with Crippen LogP contribution in [0.15, 0.2) is 48.5 Å². The molecule has 2 aromatic carbocycles. The minimum atomic E-state index is -0.487. The van der Waals surface area contributed by atoms with Gasteiger partial charge in [-0.05, 0) is 42.0 Å². The maximum absolute atomic E-state index is 12.3. The van der Waals surface area contributed by atoms with E-state index >= 15 is 0 Å². The molecular weight excluding hydrogens is 364 g/mol. The molecule has 2 aromatic rings. The van der Waals surface area contributed by atoms with E-state index < -0.39 is 5.91 Å². The number of nitrogens with zero attached hydrogens (tertiary/aromatic N) is 1. The molecule has 1 saturated heterocycles. The summed E-state index contributed by atoms with van der Waals surface area (Å²) in [6.45, 7) is 3.26. The highest BCUT2D eigenvalue weighted by molar-refractivity contribution is 6.30. The van der Waals surface area contributed by atoms with Crippen molar-refractivity contribution < 1.29 is 9.59 Å². The fourth-order valence-electron chi connectivity index (χ4n) is 3.24. The Hall–Kier alpha value is -2.41. The van der Waals surface area contributed by atoms with Gasteiger partial charge in [-0.25, -0.2) is 0 Å². The van der Waals surface area contributed by atoms with Gasteiger partial charge < -0.3 is 16.4 Å². The Morgan fingerprint density at radius 1 is 1.22 bits per heavy atom. The van der Waals surface area contributed by atoms with Crippen LogP contribution in [0.1, 0.15) is 28.4 Å². The molecule has 27 heavy (non-hydrogen) atoms. The van der Waals surface area contributed by atoms with Gasteiger partial charge in [0.15, 0.2) is 0 Å². The van der Waals surface area contributed by atoms with Crippen molar-refractivity contribution in [1.82, 2.24) is 10.2 Å². The Bertz CT molecular complexity index is 810. The molecule has 1 atom stereocenters. The number of hydrogen-bond acceptors (Lipinski definition) is 4. The number of primary amides is 1. The summed E-state index contributed by atoms with van der Waals surface area (Å²) in [7, 11) is 0. The van der Waals surface area contributed by atoms with E-state index in [0.29, 0.717) is 24.2 Å². The minimum absolute atomic E-state index is 0.0646. The first-order valence-electron chi connectivity index (χ1n) is 8.93. The third kappa shape index (κ3) is 5.29. The first-order valence-corrected chi connectivity index (χ1v) is 9.30. The molecule has 0 spiro atoms. The van der Waals surface area contributed by atoms with Crippen LogP contribution < -0.4 is 16.4 Å². The van der Waals surface area contributed by atoms with Gasteiger partial charge in [0.05, 0.1) is 0 Å². The molecule has 0 aliphatic carbocycles.